The van der Waals surface area contributed by atoms with Crippen molar-refractivity contribution in [3.05, 3.63) is 57.8 Å². The maximum Gasteiger partial charge on any atom is 0.419 e. The SMILES string of the molecule is Cc1ccc(OCCOc2ccccc2C(F)(F)F)c([N+](=O)[O-])n1. The number of aryl methyl sites for hydroxylation is 1. The largest absolute Gasteiger partial charge is 0.489 e. The predicted molar refractivity (Wildman–Crippen MR) is 78.1 cm³/mol. The van der Waals surface area contributed by atoms with E-state index >= 15 is 0 Å². The van der Waals surface area contributed by atoms with Gasteiger partial charge in [0.05, 0.1) is 5.56 Å². The number of para-hydroxylation sites is 1. The molecule has 2 rings (SSSR count). The van der Waals surface area contributed by atoms with Crippen molar-refractivity contribution in [2.24, 2.45) is 0 Å². The minimum atomic E-state index is -4.53. The van der Waals surface area contributed by atoms with Gasteiger partial charge in [0.2, 0.25) is 5.75 Å². The molecule has 0 spiro atoms. The third-order valence-electron chi connectivity index (χ3n) is 2.94. The van der Waals surface area contributed by atoms with Gasteiger partial charge >= 0.3 is 12.0 Å². The molecule has 0 saturated carbocycles. The van der Waals surface area contributed by atoms with Gasteiger partial charge in [0.1, 0.15) is 24.7 Å². The number of pyridine rings is 1. The van der Waals surface area contributed by atoms with E-state index in [1.54, 1.807) is 6.92 Å². The first kappa shape index (κ1) is 17.5. The normalized spacial score (nSPS) is 11.2. The molecule has 0 aliphatic rings. The van der Waals surface area contributed by atoms with Crippen LogP contribution >= 0.6 is 0 Å². The summed E-state index contributed by atoms with van der Waals surface area (Å²) in [6.07, 6.45) is -4.53. The maximum absolute atomic E-state index is 12.8. The van der Waals surface area contributed by atoms with E-state index in [1.165, 1.54) is 30.3 Å². The van der Waals surface area contributed by atoms with Crippen LogP contribution in [0.3, 0.4) is 0 Å². The Morgan fingerprint density at radius 3 is 2.33 bits per heavy atom. The minimum absolute atomic E-state index is 0.0710. The molecule has 128 valence electrons. The molecular formula is C15H13F3N2O4. The molecule has 0 fully saturated rings. The van der Waals surface area contributed by atoms with Gasteiger partial charge < -0.3 is 19.6 Å². The zero-order valence-electron chi connectivity index (χ0n) is 12.5. The molecule has 24 heavy (non-hydrogen) atoms. The molecule has 0 aliphatic heterocycles. The van der Waals surface area contributed by atoms with E-state index in [0.29, 0.717) is 5.69 Å². The van der Waals surface area contributed by atoms with Gasteiger partial charge in [0.15, 0.2) is 0 Å². The van der Waals surface area contributed by atoms with Crippen molar-refractivity contribution < 1.29 is 27.6 Å². The van der Waals surface area contributed by atoms with E-state index < -0.39 is 22.5 Å². The predicted octanol–water partition coefficient (Wildman–Crippen LogP) is 3.77. The minimum Gasteiger partial charge on any atom is -0.489 e. The highest BCUT2D eigenvalue weighted by atomic mass is 19.4. The summed E-state index contributed by atoms with van der Waals surface area (Å²) in [5, 5.41) is 10.9. The molecule has 1 heterocycles. The van der Waals surface area contributed by atoms with Gasteiger partial charge in [-0.3, -0.25) is 0 Å². The van der Waals surface area contributed by atoms with Gasteiger partial charge in [0, 0.05) is 6.92 Å². The Morgan fingerprint density at radius 2 is 1.71 bits per heavy atom. The molecule has 2 aromatic rings. The second-order valence-electron chi connectivity index (χ2n) is 4.72. The Morgan fingerprint density at radius 1 is 1.08 bits per heavy atom. The lowest BCUT2D eigenvalue weighted by molar-refractivity contribution is -0.390. The van der Waals surface area contributed by atoms with Crippen LogP contribution < -0.4 is 9.47 Å². The van der Waals surface area contributed by atoms with Crippen molar-refractivity contribution in [2.45, 2.75) is 13.1 Å². The highest BCUT2D eigenvalue weighted by Gasteiger charge is 2.34. The number of ether oxygens (including phenoxy) is 2. The molecule has 0 unspecified atom stereocenters. The van der Waals surface area contributed by atoms with Crippen molar-refractivity contribution >= 4 is 5.82 Å². The number of alkyl halides is 3. The lowest BCUT2D eigenvalue weighted by Gasteiger charge is -2.14. The number of halogens is 3. The number of rotatable bonds is 6. The van der Waals surface area contributed by atoms with Gasteiger partial charge in [-0.15, -0.1) is 0 Å². The van der Waals surface area contributed by atoms with Crippen LogP contribution in [-0.4, -0.2) is 23.1 Å². The summed E-state index contributed by atoms with van der Waals surface area (Å²) in [6, 6.07) is 7.68. The number of aromatic nitrogens is 1. The molecule has 0 aliphatic carbocycles. The van der Waals surface area contributed by atoms with Gasteiger partial charge in [-0.25, -0.2) is 0 Å². The maximum atomic E-state index is 12.8. The average molecular weight is 342 g/mol. The summed E-state index contributed by atoms with van der Waals surface area (Å²) >= 11 is 0. The Balaban J connectivity index is 1.99. The van der Waals surface area contributed by atoms with Crippen molar-refractivity contribution in [2.75, 3.05) is 13.2 Å². The van der Waals surface area contributed by atoms with Crippen LogP contribution in [0.4, 0.5) is 19.0 Å². The first-order valence-corrected chi connectivity index (χ1v) is 6.83. The number of nitrogens with zero attached hydrogens (tertiary/aromatic N) is 2. The number of benzene rings is 1. The van der Waals surface area contributed by atoms with Crippen LogP contribution in [0.25, 0.3) is 0 Å². The van der Waals surface area contributed by atoms with E-state index in [0.717, 1.165) is 6.07 Å². The molecule has 0 atom stereocenters. The van der Waals surface area contributed by atoms with Crippen LogP contribution in [0.2, 0.25) is 0 Å². The molecule has 9 heteroatoms. The Hall–Kier alpha value is -2.84. The molecule has 0 bridgehead atoms. The molecule has 0 N–H and O–H groups in total. The van der Waals surface area contributed by atoms with Crippen LogP contribution in [-0.2, 0) is 6.18 Å². The Labute approximate surface area is 135 Å². The van der Waals surface area contributed by atoms with Crippen molar-refractivity contribution in [3.8, 4) is 11.5 Å². The number of hydrogen-bond donors (Lipinski definition) is 0. The summed E-state index contributed by atoms with van der Waals surface area (Å²) < 4.78 is 48.7. The van der Waals surface area contributed by atoms with Crippen molar-refractivity contribution in [3.63, 3.8) is 0 Å². The fraction of sp³-hybridized carbons (Fsp3) is 0.267. The standard InChI is InChI=1S/C15H13F3N2O4/c1-10-6-7-13(14(19-10)20(21)22)24-9-8-23-12-5-3-2-4-11(12)15(16,17)18/h2-7H,8-9H2,1H3. The molecule has 6 nitrogen and oxygen atoms in total. The third kappa shape index (κ3) is 4.34. The topological polar surface area (TPSA) is 74.5 Å². The monoisotopic (exact) mass is 342 g/mol. The fourth-order valence-corrected chi connectivity index (χ4v) is 1.90. The molecule has 1 aromatic carbocycles. The van der Waals surface area contributed by atoms with Crippen LogP contribution in [0.5, 0.6) is 11.5 Å². The van der Waals surface area contributed by atoms with Gasteiger partial charge in [-0.1, -0.05) is 12.1 Å². The molecule has 0 radical (unpaired) electrons. The molecule has 1 aromatic heterocycles. The van der Waals surface area contributed by atoms with E-state index in [-0.39, 0.29) is 24.7 Å². The molecule has 0 amide bonds. The second kappa shape index (κ2) is 7.16. The second-order valence-corrected chi connectivity index (χ2v) is 4.72. The van der Waals surface area contributed by atoms with Gasteiger partial charge in [0.25, 0.3) is 0 Å². The summed E-state index contributed by atoms with van der Waals surface area (Å²) in [5.41, 5.74) is -0.447. The van der Waals surface area contributed by atoms with Crippen LogP contribution in [0, 0.1) is 17.0 Å². The lowest BCUT2D eigenvalue weighted by atomic mass is 10.2. The third-order valence-corrected chi connectivity index (χ3v) is 2.94. The highest BCUT2D eigenvalue weighted by Crippen LogP contribution is 2.35. The summed E-state index contributed by atoms with van der Waals surface area (Å²) in [4.78, 5) is 13.9. The number of nitro groups is 1. The van der Waals surface area contributed by atoms with Crippen LogP contribution in [0.15, 0.2) is 36.4 Å². The summed E-state index contributed by atoms with van der Waals surface area (Å²) in [6.45, 7) is 1.21. The fourth-order valence-electron chi connectivity index (χ4n) is 1.90. The van der Waals surface area contributed by atoms with Gasteiger partial charge in [-0.2, -0.15) is 13.2 Å². The zero-order valence-corrected chi connectivity index (χ0v) is 12.5. The van der Waals surface area contributed by atoms with E-state index in [1.807, 2.05) is 0 Å². The van der Waals surface area contributed by atoms with E-state index in [2.05, 4.69) is 4.98 Å². The molecule has 0 saturated heterocycles. The first-order valence-electron chi connectivity index (χ1n) is 6.83. The lowest BCUT2D eigenvalue weighted by Crippen LogP contribution is -2.13. The number of hydrogen-bond acceptors (Lipinski definition) is 5. The first-order chi connectivity index (χ1) is 11.3. The van der Waals surface area contributed by atoms with Crippen LogP contribution in [0.1, 0.15) is 11.3 Å². The quantitative estimate of drug-likeness (QED) is 0.454. The summed E-state index contributed by atoms with van der Waals surface area (Å²) in [5.74, 6) is -0.853. The van der Waals surface area contributed by atoms with Gasteiger partial charge in [-0.05, 0) is 34.2 Å². The summed E-state index contributed by atoms with van der Waals surface area (Å²) in [7, 11) is 0. The Bertz CT molecular complexity index is 735. The van der Waals surface area contributed by atoms with Crippen molar-refractivity contribution in [1.82, 2.24) is 4.98 Å². The highest BCUT2D eigenvalue weighted by molar-refractivity contribution is 5.40. The molecular weight excluding hydrogens is 329 g/mol. The average Bonchev–Trinajstić information content (AvgIpc) is 2.52. The smallest absolute Gasteiger partial charge is 0.419 e. The van der Waals surface area contributed by atoms with Crippen molar-refractivity contribution in [1.29, 1.82) is 0 Å². The zero-order chi connectivity index (χ0) is 17.7. The van der Waals surface area contributed by atoms with E-state index in [4.69, 9.17) is 9.47 Å². The Kier molecular flexibility index (Phi) is 5.22. The van der Waals surface area contributed by atoms with E-state index in [9.17, 15) is 23.3 Å².